The van der Waals surface area contributed by atoms with Crippen molar-refractivity contribution in [3.05, 3.63) is 81.8 Å². The number of amides is 1. The molecule has 0 aliphatic carbocycles. The maximum Gasteiger partial charge on any atom is 0.336 e. The lowest BCUT2D eigenvalue weighted by molar-refractivity contribution is -0.139. The summed E-state index contributed by atoms with van der Waals surface area (Å²) in [5.74, 6) is -2.17. The molecule has 0 spiro atoms. The van der Waals surface area contributed by atoms with Crippen LogP contribution in [0, 0.1) is 5.82 Å². The number of carbonyl (C=O) groups is 2. The Morgan fingerprint density at radius 1 is 1.21 bits per heavy atom. The van der Waals surface area contributed by atoms with Crippen molar-refractivity contribution in [1.29, 1.82) is 0 Å². The van der Waals surface area contributed by atoms with E-state index in [9.17, 15) is 14.0 Å². The number of hydrogen-bond donors (Lipinski definition) is 1. The van der Waals surface area contributed by atoms with E-state index >= 15 is 0 Å². The molecule has 4 nitrogen and oxygen atoms in total. The first-order valence-electron chi connectivity index (χ1n) is 9.13. The molecule has 1 aliphatic heterocycles. The monoisotopic (exact) mass is 401 g/mol. The number of allylic oxidation sites excluding steroid dienone is 1. The Bertz CT molecular complexity index is 891. The molecule has 0 radical (unpaired) electrons. The fourth-order valence-corrected chi connectivity index (χ4v) is 3.72. The minimum Gasteiger partial charge on any atom is -0.462 e. The van der Waals surface area contributed by atoms with E-state index in [1.54, 1.807) is 13.0 Å². The highest BCUT2D eigenvalue weighted by atomic mass is 35.5. The van der Waals surface area contributed by atoms with Crippen LogP contribution in [0.25, 0.3) is 0 Å². The van der Waals surface area contributed by atoms with Gasteiger partial charge in [-0.05, 0) is 37.5 Å². The lowest BCUT2D eigenvalue weighted by atomic mass is 9.84. The summed E-state index contributed by atoms with van der Waals surface area (Å²) in [6.07, 6.45) is 1.39. The predicted molar refractivity (Wildman–Crippen MR) is 105 cm³/mol. The average Bonchev–Trinajstić information content (AvgIpc) is 2.65. The first kappa shape index (κ1) is 20.1. The Labute approximate surface area is 168 Å². The molecule has 2 aromatic carbocycles. The van der Waals surface area contributed by atoms with Gasteiger partial charge < -0.3 is 10.1 Å². The van der Waals surface area contributed by atoms with Crippen molar-refractivity contribution >= 4 is 23.5 Å². The lowest BCUT2D eigenvalue weighted by Crippen LogP contribution is -2.34. The van der Waals surface area contributed by atoms with Gasteiger partial charge >= 0.3 is 5.97 Å². The second kappa shape index (κ2) is 9.02. The molecule has 0 aromatic heterocycles. The zero-order valence-electron chi connectivity index (χ0n) is 15.5. The molecule has 146 valence electrons. The van der Waals surface area contributed by atoms with Crippen LogP contribution in [0.15, 0.2) is 59.8 Å². The van der Waals surface area contributed by atoms with Crippen molar-refractivity contribution < 1.29 is 18.7 Å². The van der Waals surface area contributed by atoms with E-state index in [0.717, 1.165) is 12.0 Å². The van der Waals surface area contributed by atoms with Gasteiger partial charge in [0.1, 0.15) is 5.82 Å². The third kappa shape index (κ3) is 4.60. The zero-order chi connectivity index (χ0) is 20.1. The highest BCUT2D eigenvalue weighted by Crippen LogP contribution is 2.38. The van der Waals surface area contributed by atoms with E-state index in [-0.39, 0.29) is 35.1 Å². The molecule has 0 saturated heterocycles. The van der Waals surface area contributed by atoms with Crippen molar-refractivity contribution in [3.8, 4) is 0 Å². The SMILES string of the molecule is CC1=C(C(=O)OCCCc2ccccc2)[C@@H](c2c(F)cccc2Cl)CC(=O)N1. The van der Waals surface area contributed by atoms with Crippen LogP contribution in [0.1, 0.15) is 36.8 Å². The summed E-state index contributed by atoms with van der Waals surface area (Å²) in [7, 11) is 0. The van der Waals surface area contributed by atoms with Crippen LogP contribution in [-0.4, -0.2) is 18.5 Å². The Morgan fingerprint density at radius 3 is 2.68 bits per heavy atom. The molecular formula is C22H21ClFNO3. The number of nitrogens with one attached hydrogen (secondary N) is 1. The van der Waals surface area contributed by atoms with Crippen LogP contribution in [-0.2, 0) is 20.7 Å². The van der Waals surface area contributed by atoms with Crippen LogP contribution < -0.4 is 5.32 Å². The summed E-state index contributed by atoms with van der Waals surface area (Å²) < 4.78 is 19.9. The second-order valence-electron chi connectivity index (χ2n) is 6.70. The summed E-state index contributed by atoms with van der Waals surface area (Å²) in [4.78, 5) is 24.7. The Balaban J connectivity index is 1.74. The average molecular weight is 402 g/mol. The largest absolute Gasteiger partial charge is 0.462 e. The number of halogens is 2. The van der Waals surface area contributed by atoms with Gasteiger partial charge in [-0.1, -0.05) is 48.0 Å². The smallest absolute Gasteiger partial charge is 0.336 e. The van der Waals surface area contributed by atoms with E-state index in [2.05, 4.69) is 5.32 Å². The number of aryl methyl sites for hydroxylation is 1. The number of carbonyl (C=O) groups excluding carboxylic acids is 2. The zero-order valence-corrected chi connectivity index (χ0v) is 16.3. The quantitative estimate of drug-likeness (QED) is 0.571. The molecule has 0 saturated carbocycles. The summed E-state index contributed by atoms with van der Waals surface area (Å²) in [6, 6.07) is 14.2. The number of hydrogen-bond acceptors (Lipinski definition) is 3. The van der Waals surface area contributed by atoms with Crippen LogP contribution in [0.3, 0.4) is 0 Å². The van der Waals surface area contributed by atoms with E-state index in [1.807, 2.05) is 30.3 Å². The van der Waals surface area contributed by atoms with Gasteiger partial charge in [0.05, 0.1) is 12.2 Å². The van der Waals surface area contributed by atoms with Gasteiger partial charge in [-0.2, -0.15) is 0 Å². The third-order valence-electron chi connectivity index (χ3n) is 4.72. The van der Waals surface area contributed by atoms with Gasteiger partial charge in [0.15, 0.2) is 0 Å². The van der Waals surface area contributed by atoms with Gasteiger partial charge in [-0.3, -0.25) is 4.79 Å². The van der Waals surface area contributed by atoms with Crippen LogP contribution in [0.4, 0.5) is 4.39 Å². The van der Waals surface area contributed by atoms with Crippen molar-refractivity contribution in [2.45, 2.75) is 32.1 Å². The van der Waals surface area contributed by atoms with Crippen molar-refractivity contribution in [1.82, 2.24) is 5.32 Å². The van der Waals surface area contributed by atoms with Gasteiger partial charge in [-0.25, -0.2) is 9.18 Å². The Hall–Kier alpha value is -2.66. The topological polar surface area (TPSA) is 55.4 Å². The highest BCUT2D eigenvalue weighted by Gasteiger charge is 2.35. The van der Waals surface area contributed by atoms with E-state index in [1.165, 1.54) is 12.1 Å². The molecule has 1 atom stereocenters. The number of ether oxygens (including phenoxy) is 1. The van der Waals surface area contributed by atoms with Crippen molar-refractivity contribution in [2.24, 2.45) is 0 Å². The maximum atomic E-state index is 14.4. The molecule has 3 rings (SSSR count). The molecule has 0 bridgehead atoms. The molecule has 0 fully saturated rings. The maximum absolute atomic E-state index is 14.4. The molecule has 2 aromatic rings. The first-order valence-corrected chi connectivity index (χ1v) is 9.50. The van der Waals surface area contributed by atoms with Crippen molar-refractivity contribution in [2.75, 3.05) is 6.61 Å². The van der Waals surface area contributed by atoms with Gasteiger partial charge in [0.25, 0.3) is 0 Å². The fourth-order valence-electron chi connectivity index (χ4n) is 3.43. The first-order chi connectivity index (χ1) is 13.5. The molecule has 1 heterocycles. The van der Waals surface area contributed by atoms with E-state index in [4.69, 9.17) is 16.3 Å². The predicted octanol–water partition coefficient (Wildman–Crippen LogP) is 4.53. The summed E-state index contributed by atoms with van der Waals surface area (Å²) >= 11 is 6.18. The molecule has 0 unspecified atom stereocenters. The van der Waals surface area contributed by atoms with Crippen LogP contribution in [0.2, 0.25) is 5.02 Å². The van der Waals surface area contributed by atoms with Gasteiger partial charge in [0.2, 0.25) is 5.91 Å². The van der Waals surface area contributed by atoms with Gasteiger partial charge in [0, 0.05) is 28.6 Å². The van der Waals surface area contributed by atoms with Gasteiger partial charge in [-0.15, -0.1) is 0 Å². The van der Waals surface area contributed by atoms with Crippen LogP contribution >= 0.6 is 11.6 Å². The lowest BCUT2D eigenvalue weighted by Gasteiger charge is -2.27. The highest BCUT2D eigenvalue weighted by molar-refractivity contribution is 6.31. The molecule has 1 amide bonds. The molecule has 1 aliphatic rings. The number of esters is 1. The second-order valence-corrected chi connectivity index (χ2v) is 7.11. The standard InChI is InChI=1S/C22H21ClFNO3/c1-14-20(22(27)28-12-6-9-15-7-3-2-4-8-15)16(13-19(26)25-14)21-17(23)10-5-11-18(21)24/h2-5,7-8,10-11,16H,6,9,12-13H2,1H3,(H,25,26)/t16-/m0/s1. The third-order valence-corrected chi connectivity index (χ3v) is 5.05. The summed E-state index contributed by atoms with van der Waals surface area (Å²) in [5, 5.41) is 2.82. The summed E-state index contributed by atoms with van der Waals surface area (Å²) in [5.41, 5.74) is 1.92. The molecular weight excluding hydrogens is 381 g/mol. The minimum absolute atomic E-state index is 0.0631. The molecule has 28 heavy (non-hydrogen) atoms. The minimum atomic E-state index is -0.774. The number of benzene rings is 2. The van der Waals surface area contributed by atoms with Crippen LogP contribution in [0.5, 0.6) is 0 Å². The number of rotatable bonds is 6. The van der Waals surface area contributed by atoms with E-state index < -0.39 is 17.7 Å². The van der Waals surface area contributed by atoms with Crippen molar-refractivity contribution in [3.63, 3.8) is 0 Å². The Morgan fingerprint density at radius 2 is 1.96 bits per heavy atom. The Kier molecular flexibility index (Phi) is 6.47. The normalized spacial score (nSPS) is 16.7. The molecule has 1 N–H and O–H groups in total. The van der Waals surface area contributed by atoms with E-state index in [0.29, 0.717) is 12.1 Å². The molecule has 6 heteroatoms. The fraction of sp³-hybridized carbons (Fsp3) is 0.273. The summed E-state index contributed by atoms with van der Waals surface area (Å²) in [6.45, 7) is 1.84.